The van der Waals surface area contributed by atoms with E-state index in [2.05, 4.69) is 26.2 Å². The number of thioether (sulfide) groups is 1. The van der Waals surface area contributed by atoms with Crippen molar-refractivity contribution in [3.05, 3.63) is 115 Å². The van der Waals surface area contributed by atoms with Gasteiger partial charge in [0.05, 0.1) is 16.6 Å². The maximum Gasteiger partial charge on any atom is 0.305 e. The number of ether oxygens (including phenoxy) is 1. The second kappa shape index (κ2) is 11.4. The van der Waals surface area contributed by atoms with Crippen molar-refractivity contribution in [1.29, 1.82) is 0 Å². The van der Waals surface area contributed by atoms with Gasteiger partial charge in [0, 0.05) is 31.9 Å². The molecule has 0 aliphatic carbocycles. The van der Waals surface area contributed by atoms with Gasteiger partial charge in [0.15, 0.2) is 6.61 Å². The minimum atomic E-state index is -0.783. The quantitative estimate of drug-likeness (QED) is 0.198. The predicted molar refractivity (Wildman–Crippen MR) is 176 cm³/mol. The number of aromatic nitrogens is 1. The Morgan fingerprint density at radius 1 is 0.977 bits per heavy atom. The van der Waals surface area contributed by atoms with Crippen molar-refractivity contribution in [2.45, 2.75) is 23.1 Å². The number of anilines is 2. The van der Waals surface area contributed by atoms with Gasteiger partial charge in [0.25, 0.3) is 5.91 Å². The summed E-state index contributed by atoms with van der Waals surface area (Å²) in [7, 11) is 0. The van der Waals surface area contributed by atoms with E-state index in [9.17, 15) is 19.2 Å². The topological polar surface area (TPSA) is 109 Å². The van der Waals surface area contributed by atoms with Crippen LogP contribution < -0.4 is 19.8 Å². The maximum absolute atomic E-state index is 14.1. The second-order valence-corrected chi connectivity index (χ2v) is 13.7. The molecule has 3 atom stereocenters. The van der Waals surface area contributed by atoms with Crippen molar-refractivity contribution in [3.63, 3.8) is 0 Å². The summed E-state index contributed by atoms with van der Waals surface area (Å²) in [5, 5.41) is 4.68. The lowest BCUT2D eigenvalue weighted by Gasteiger charge is -2.31. The molecule has 1 fully saturated rings. The van der Waals surface area contributed by atoms with E-state index in [0.717, 1.165) is 32.1 Å². The first-order valence-corrected chi connectivity index (χ1v) is 16.3. The molecule has 11 heteroatoms. The average molecular weight is 687 g/mol. The average Bonchev–Trinajstić information content (AvgIpc) is 3.51. The standard InChI is InChI=1S/C33H24BrN3O5S2/c1-17-9-12-20(13-10-17)37-31(39)27-26(28-30(36-33(41)44-28)43-29(27)32(37)40)22-15-19(34)11-14-24(22)42-16-25(38)35-23-8-4-6-18-5-2-3-7-21(18)23/h2-15,26-27,29H,16H2,1H3,(H,35,38)(H,36,41). The molecule has 44 heavy (non-hydrogen) atoms. The number of carbonyl (C=O) groups is 3. The molecule has 3 unspecified atom stereocenters. The summed E-state index contributed by atoms with van der Waals surface area (Å²) in [6.07, 6.45) is 0. The molecular weight excluding hydrogens is 662 g/mol. The Bertz CT molecular complexity index is 2020. The van der Waals surface area contributed by atoms with Gasteiger partial charge in [-0.1, -0.05) is 93.1 Å². The number of aromatic amines is 1. The minimum Gasteiger partial charge on any atom is -0.483 e. The van der Waals surface area contributed by atoms with E-state index in [0.29, 0.717) is 32.6 Å². The first-order valence-electron chi connectivity index (χ1n) is 13.8. The number of nitrogens with one attached hydrogen (secondary N) is 2. The Hall–Kier alpha value is -4.19. The molecule has 5 aromatic rings. The lowest BCUT2D eigenvalue weighted by atomic mass is 9.82. The van der Waals surface area contributed by atoms with Crippen molar-refractivity contribution in [3.8, 4) is 5.75 Å². The number of fused-ring (bicyclic) bond motifs is 3. The molecule has 0 saturated carbocycles. The summed E-state index contributed by atoms with van der Waals surface area (Å²) >= 11 is 5.78. The summed E-state index contributed by atoms with van der Waals surface area (Å²) in [6.45, 7) is 1.65. The first kappa shape index (κ1) is 28.6. The van der Waals surface area contributed by atoms with Gasteiger partial charge in [-0.2, -0.15) is 0 Å². The van der Waals surface area contributed by atoms with E-state index in [-0.39, 0.29) is 29.2 Å². The normalized spacial score (nSPS) is 19.1. The predicted octanol–water partition coefficient (Wildman–Crippen LogP) is 6.47. The van der Waals surface area contributed by atoms with Crippen molar-refractivity contribution in [1.82, 2.24) is 4.98 Å². The third-order valence-electron chi connectivity index (χ3n) is 7.85. The molecule has 0 bridgehead atoms. The van der Waals surface area contributed by atoms with Gasteiger partial charge in [-0.15, -0.1) is 0 Å². The second-order valence-electron chi connectivity index (χ2n) is 10.6. The van der Waals surface area contributed by atoms with Crippen LogP contribution in [0.2, 0.25) is 0 Å². The molecule has 2 aliphatic rings. The molecule has 0 radical (unpaired) electrons. The van der Waals surface area contributed by atoms with E-state index in [4.69, 9.17) is 4.74 Å². The molecule has 2 aliphatic heterocycles. The third kappa shape index (κ3) is 5.04. The van der Waals surface area contributed by atoms with Crippen LogP contribution in [-0.2, 0) is 14.4 Å². The van der Waals surface area contributed by atoms with Gasteiger partial charge in [0.1, 0.15) is 11.0 Å². The first-order chi connectivity index (χ1) is 21.3. The van der Waals surface area contributed by atoms with Crippen molar-refractivity contribution >= 4 is 78.9 Å². The molecule has 0 spiro atoms. The van der Waals surface area contributed by atoms with Gasteiger partial charge in [-0.3, -0.25) is 19.2 Å². The molecule has 8 nitrogen and oxygen atoms in total. The molecule has 1 aromatic heterocycles. The number of H-pyrrole nitrogens is 1. The van der Waals surface area contributed by atoms with Gasteiger partial charge in [0.2, 0.25) is 11.8 Å². The number of hydrogen-bond donors (Lipinski definition) is 2. The van der Waals surface area contributed by atoms with Gasteiger partial charge < -0.3 is 15.0 Å². The minimum absolute atomic E-state index is 0.269. The zero-order valence-electron chi connectivity index (χ0n) is 23.2. The zero-order chi connectivity index (χ0) is 30.5. The zero-order valence-corrected chi connectivity index (χ0v) is 26.4. The monoisotopic (exact) mass is 685 g/mol. The van der Waals surface area contributed by atoms with Crippen LogP contribution in [0, 0.1) is 12.8 Å². The fourth-order valence-corrected chi connectivity index (χ4v) is 8.74. The summed E-state index contributed by atoms with van der Waals surface area (Å²) in [4.78, 5) is 58.0. The Morgan fingerprint density at radius 2 is 1.75 bits per heavy atom. The molecular formula is C33H24BrN3O5S2. The largest absolute Gasteiger partial charge is 0.483 e. The van der Waals surface area contributed by atoms with Gasteiger partial charge >= 0.3 is 4.87 Å². The van der Waals surface area contributed by atoms with Crippen molar-refractivity contribution in [2.75, 3.05) is 16.8 Å². The van der Waals surface area contributed by atoms with Crippen LogP contribution in [0.5, 0.6) is 5.75 Å². The number of imide groups is 1. The van der Waals surface area contributed by atoms with E-state index in [1.54, 1.807) is 24.3 Å². The summed E-state index contributed by atoms with van der Waals surface area (Å²) in [6, 6.07) is 26.1. The summed E-state index contributed by atoms with van der Waals surface area (Å²) in [5.41, 5.74) is 2.80. The number of benzene rings is 4. The van der Waals surface area contributed by atoms with Crippen LogP contribution in [-0.4, -0.2) is 34.6 Å². The SMILES string of the molecule is Cc1ccc(N2C(=O)C3Sc4[nH]c(=O)sc4C(c4cc(Br)ccc4OCC(=O)Nc4cccc5ccccc45)C3C2=O)cc1. The third-order valence-corrected chi connectivity index (χ3v) is 10.7. The Labute approximate surface area is 268 Å². The van der Waals surface area contributed by atoms with E-state index in [1.165, 1.54) is 16.7 Å². The van der Waals surface area contributed by atoms with Gasteiger partial charge in [-0.05, 0) is 48.7 Å². The summed E-state index contributed by atoms with van der Waals surface area (Å²) in [5.74, 6) is -2.07. The molecule has 7 rings (SSSR count). The number of amides is 3. The molecule has 3 amide bonds. The highest BCUT2D eigenvalue weighted by atomic mass is 79.9. The number of carbonyl (C=O) groups excluding carboxylic acids is 3. The number of hydrogen-bond acceptors (Lipinski definition) is 7. The van der Waals surface area contributed by atoms with Crippen LogP contribution in [0.3, 0.4) is 0 Å². The van der Waals surface area contributed by atoms with Gasteiger partial charge in [-0.25, -0.2) is 4.90 Å². The van der Waals surface area contributed by atoms with E-state index < -0.39 is 17.1 Å². The molecule has 220 valence electrons. The Morgan fingerprint density at radius 3 is 2.57 bits per heavy atom. The Balaban J connectivity index is 1.23. The maximum atomic E-state index is 14.1. The highest BCUT2D eigenvalue weighted by Gasteiger charge is 2.56. The molecule has 3 heterocycles. The van der Waals surface area contributed by atoms with Crippen molar-refractivity contribution < 1.29 is 19.1 Å². The lowest BCUT2D eigenvalue weighted by Crippen LogP contribution is -2.32. The smallest absolute Gasteiger partial charge is 0.305 e. The summed E-state index contributed by atoms with van der Waals surface area (Å²) < 4.78 is 6.84. The van der Waals surface area contributed by atoms with Crippen LogP contribution in [0.25, 0.3) is 10.8 Å². The fourth-order valence-electron chi connectivity index (χ4n) is 5.86. The van der Waals surface area contributed by atoms with E-state index in [1.807, 2.05) is 67.6 Å². The van der Waals surface area contributed by atoms with Crippen LogP contribution >= 0.6 is 39.0 Å². The van der Waals surface area contributed by atoms with Crippen LogP contribution in [0.4, 0.5) is 11.4 Å². The fraction of sp³-hybridized carbons (Fsp3) is 0.152. The number of nitrogens with zero attached hydrogens (tertiary/aromatic N) is 1. The molecule has 1 saturated heterocycles. The highest BCUT2D eigenvalue weighted by Crippen LogP contribution is 2.54. The number of aryl methyl sites for hydroxylation is 1. The number of rotatable bonds is 6. The number of thiazole rings is 1. The van der Waals surface area contributed by atoms with Crippen LogP contribution in [0.1, 0.15) is 21.9 Å². The molecule has 2 N–H and O–H groups in total. The lowest BCUT2D eigenvalue weighted by molar-refractivity contribution is -0.122. The van der Waals surface area contributed by atoms with Crippen LogP contribution in [0.15, 0.2) is 99.2 Å². The number of halogens is 1. The highest BCUT2D eigenvalue weighted by molar-refractivity contribution is 9.10. The van der Waals surface area contributed by atoms with E-state index >= 15 is 0 Å². The Kier molecular flexibility index (Phi) is 7.39. The molecule has 4 aromatic carbocycles. The van der Waals surface area contributed by atoms with Crippen molar-refractivity contribution in [2.24, 2.45) is 5.92 Å².